The number of nitrogens with zero attached hydrogens (tertiary/aromatic N) is 7. The predicted octanol–water partition coefficient (Wildman–Crippen LogP) is 3.08. The van der Waals surface area contributed by atoms with E-state index in [4.69, 9.17) is 14.7 Å². The van der Waals surface area contributed by atoms with Crippen LogP contribution in [0.1, 0.15) is 48.9 Å². The van der Waals surface area contributed by atoms with Crippen LogP contribution in [-0.4, -0.2) is 95.3 Å². The van der Waals surface area contributed by atoms with Crippen LogP contribution < -0.4 is 14.5 Å². The number of fused-ring (bicyclic) bond motifs is 2. The average Bonchev–Trinajstić information content (AvgIpc) is 3.53. The van der Waals surface area contributed by atoms with Crippen molar-refractivity contribution < 1.29 is 14.6 Å². The second kappa shape index (κ2) is 12.6. The molecule has 2 aromatic rings. The number of piperazine rings is 1. The first kappa shape index (κ1) is 28.3. The molecule has 2 fully saturated rings. The number of carbonyl (C=O) groups excluding carboxylic acids is 1. The summed E-state index contributed by atoms with van der Waals surface area (Å²) in [5.41, 5.74) is 4.58. The Bertz CT molecular complexity index is 1350. The van der Waals surface area contributed by atoms with Crippen LogP contribution in [0, 0.1) is 11.3 Å². The van der Waals surface area contributed by atoms with E-state index in [1.54, 1.807) is 11.0 Å². The van der Waals surface area contributed by atoms with Crippen LogP contribution >= 0.6 is 0 Å². The molecule has 0 bridgehead atoms. The number of rotatable bonds is 8. The minimum absolute atomic E-state index is 0.138. The highest BCUT2D eigenvalue weighted by Gasteiger charge is 2.35. The second-order valence-corrected chi connectivity index (χ2v) is 11.9. The summed E-state index contributed by atoms with van der Waals surface area (Å²) in [7, 11) is 0. The summed E-state index contributed by atoms with van der Waals surface area (Å²) in [6, 6.07) is 8.44. The molecule has 2 unspecified atom stereocenters. The Kier molecular flexibility index (Phi) is 8.47. The van der Waals surface area contributed by atoms with Gasteiger partial charge in [-0.25, -0.2) is 0 Å². The highest BCUT2D eigenvalue weighted by Crippen LogP contribution is 2.38. The Balaban J connectivity index is 1.28. The number of hydrogen-bond donors (Lipinski definition) is 1. The van der Waals surface area contributed by atoms with Gasteiger partial charge in [0.25, 0.3) is 0 Å². The number of likely N-dealkylation sites (tertiary alicyclic amines) is 1. The SMILES string of the molecule is C=CC(=O)N1CCN(c2nc(OCCN3CCCC3)nc3c2CCC(N2CCCc4ccc(O)cc42)C3)CC1CC#N. The molecule has 1 amide bonds. The number of benzene rings is 1. The van der Waals surface area contributed by atoms with Gasteiger partial charge in [-0.15, -0.1) is 0 Å². The fraction of sp³-hybridized carbons (Fsp3) is 0.562. The molecule has 1 aliphatic carbocycles. The van der Waals surface area contributed by atoms with Crippen LogP contribution in [0.3, 0.4) is 0 Å². The molecule has 4 heterocycles. The number of anilines is 2. The Morgan fingerprint density at radius 3 is 2.81 bits per heavy atom. The molecule has 222 valence electrons. The summed E-state index contributed by atoms with van der Waals surface area (Å²) in [5, 5.41) is 19.8. The van der Waals surface area contributed by atoms with Gasteiger partial charge >= 0.3 is 6.01 Å². The van der Waals surface area contributed by atoms with E-state index >= 15 is 0 Å². The Morgan fingerprint density at radius 1 is 1.14 bits per heavy atom. The van der Waals surface area contributed by atoms with E-state index in [0.717, 1.165) is 81.0 Å². The monoisotopic (exact) mass is 571 g/mol. The Morgan fingerprint density at radius 2 is 2.00 bits per heavy atom. The molecule has 0 radical (unpaired) electrons. The predicted molar refractivity (Wildman–Crippen MR) is 161 cm³/mol. The first-order valence-corrected chi connectivity index (χ1v) is 15.4. The van der Waals surface area contributed by atoms with Crippen LogP contribution in [-0.2, 0) is 24.1 Å². The number of phenols is 1. The van der Waals surface area contributed by atoms with Gasteiger partial charge in [-0.1, -0.05) is 12.6 Å². The van der Waals surface area contributed by atoms with E-state index in [0.29, 0.717) is 38.0 Å². The van der Waals surface area contributed by atoms with Crippen molar-refractivity contribution in [3.8, 4) is 17.8 Å². The molecule has 1 aromatic heterocycles. The second-order valence-electron chi connectivity index (χ2n) is 11.9. The zero-order valence-electron chi connectivity index (χ0n) is 24.4. The average molecular weight is 572 g/mol. The topological polar surface area (TPSA) is 109 Å². The zero-order valence-corrected chi connectivity index (χ0v) is 24.4. The molecule has 3 aliphatic heterocycles. The number of aromatic hydroxyl groups is 1. The number of aryl methyl sites for hydroxylation is 1. The highest BCUT2D eigenvalue weighted by molar-refractivity contribution is 5.87. The summed E-state index contributed by atoms with van der Waals surface area (Å²) in [4.78, 5) is 31.3. The van der Waals surface area contributed by atoms with Crippen molar-refractivity contribution in [2.75, 3.05) is 62.2 Å². The van der Waals surface area contributed by atoms with Crippen molar-refractivity contribution >= 4 is 17.4 Å². The molecule has 0 saturated carbocycles. The molecule has 10 heteroatoms. The van der Waals surface area contributed by atoms with E-state index in [1.807, 2.05) is 6.07 Å². The van der Waals surface area contributed by atoms with Gasteiger partial charge in [-0.05, 0) is 69.3 Å². The summed E-state index contributed by atoms with van der Waals surface area (Å²) < 4.78 is 6.20. The first-order valence-electron chi connectivity index (χ1n) is 15.4. The zero-order chi connectivity index (χ0) is 29.1. The van der Waals surface area contributed by atoms with Crippen LogP contribution in [0.2, 0.25) is 0 Å². The standard InChI is InChI=1S/C32H41N7O3/c1-2-30(41)39-17-16-37(22-25(39)11-12-33)31-27-10-8-24(38-15-5-6-23-7-9-26(40)21-29(23)38)20-28(27)34-32(35-31)42-19-18-36-13-3-4-14-36/h2,7,9,21,24-25,40H,1,3-6,8,10-11,13-20,22H2. The number of hydrogen-bond acceptors (Lipinski definition) is 9. The highest BCUT2D eigenvalue weighted by atomic mass is 16.5. The van der Waals surface area contributed by atoms with Crippen molar-refractivity contribution in [1.29, 1.82) is 5.26 Å². The third-order valence-electron chi connectivity index (χ3n) is 9.28. The van der Waals surface area contributed by atoms with E-state index < -0.39 is 0 Å². The Hall–Kier alpha value is -3.84. The van der Waals surface area contributed by atoms with Gasteiger partial charge in [0.05, 0.1) is 24.2 Å². The van der Waals surface area contributed by atoms with Gasteiger partial charge in [0.1, 0.15) is 18.2 Å². The number of amides is 1. The molecule has 1 aromatic carbocycles. The molecule has 1 N–H and O–H groups in total. The lowest BCUT2D eigenvalue weighted by molar-refractivity contribution is -0.128. The summed E-state index contributed by atoms with van der Waals surface area (Å²) >= 11 is 0. The van der Waals surface area contributed by atoms with Crippen molar-refractivity contribution in [2.45, 2.75) is 63.5 Å². The molecule has 2 saturated heterocycles. The number of ether oxygens (including phenoxy) is 1. The Labute approximate surface area is 248 Å². The molecule has 10 nitrogen and oxygen atoms in total. The van der Waals surface area contributed by atoms with E-state index in [1.165, 1.54) is 24.5 Å². The number of carbonyl (C=O) groups is 1. The molecule has 2 atom stereocenters. The van der Waals surface area contributed by atoms with Crippen molar-refractivity contribution in [3.05, 3.63) is 47.7 Å². The van der Waals surface area contributed by atoms with Crippen LogP contribution in [0.5, 0.6) is 11.8 Å². The summed E-state index contributed by atoms with van der Waals surface area (Å²) in [6.45, 7) is 9.91. The summed E-state index contributed by atoms with van der Waals surface area (Å²) in [5.74, 6) is 1.04. The van der Waals surface area contributed by atoms with Gasteiger partial charge in [-0.3, -0.25) is 9.69 Å². The fourth-order valence-corrected chi connectivity index (χ4v) is 7.13. The lowest BCUT2D eigenvalue weighted by Gasteiger charge is -2.43. The maximum atomic E-state index is 12.5. The van der Waals surface area contributed by atoms with Gasteiger partial charge in [0.2, 0.25) is 5.91 Å². The third kappa shape index (κ3) is 5.88. The van der Waals surface area contributed by atoms with Gasteiger partial charge in [0, 0.05) is 62.5 Å². The molecule has 6 rings (SSSR count). The van der Waals surface area contributed by atoms with Crippen molar-refractivity contribution in [2.24, 2.45) is 0 Å². The molecule has 0 spiro atoms. The van der Waals surface area contributed by atoms with Crippen molar-refractivity contribution in [1.82, 2.24) is 19.8 Å². The maximum absolute atomic E-state index is 12.5. The maximum Gasteiger partial charge on any atom is 0.318 e. The summed E-state index contributed by atoms with van der Waals surface area (Å²) in [6.07, 6.45) is 8.76. The number of nitriles is 1. The van der Waals surface area contributed by atoms with Crippen LogP contribution in [0.15, 0.2) is 30.9 Å². The molecular weight excluding hydrogens is 530 g/mol. The quantitative estimate of drug-likeness (QED) is 0.478. The smallest absolute Gasteiger partial charge is 0.318 e. The number of aromatic nitrogens is 2. The minimum Gasteiger partial charge on any atom is -0.508 e. The van der Waals surface area contributed by atoms with Crippen LogP contribution in [0.4, 0.5) is 11.5 Å². The van der Waals surface area contributed by atoms with Gasteiger partial charge in [0.15, 0.2) is 0 Å². The number of phenolic OH excluding ortho intramolecular Hbond substituents is 1. The minimum atomic E-state index is -0.228. The normalized spacial score (nSPS) is 22.3. The van der Waals surface area contributed by atoms with E-state index in [2.05, 4.69) is 33.4 Å². The van der Waals surface area contributed by atoms with E-state index in [-0.39, 0.29) is 24.4 Å². The first-order chi connectivity index (χ1) is 20.5. The van der Waals surface area contributed by atoms with Crippen molar-refractivity contribution in [3.63, 3.8) is 0 Å². The lowest BCUT2D eigenvalue weighted by Crippen LogP contribution is -2.55. The molecule has 42 heavy (non-hydrogen) atoms. The lowest BCUT2D eigenvalue weighted by atomic mass is 9.88. The van der Waals surface area contributed by atoms with Crippen LogP contribution in [0.25, 0.3) is 0 Å². The van der Waals surface area contributed by atoms with Gasteiger partial charge < -0.3 is 24.5 Å². The van der Waals surface area contributed by atoms with Gasteiger partial charge in [-0.2, -0.15) is 15.2 Å². The van der Waals surface area contributed by atoms with E-state index in [9.17, 15) is 15.2 Å². The largest absolute Gasteiger partial charge is 0.508 e. The molecular formula is C32H41N7O3. The third-order valence-corrected chi connectivity index (χ3v) is 9.28. The molecule has 4 aliphatic rings. The fourth-order valence-electron chi connectivity index (χ4n) is 7.13.